The first-order chi connectivity index (χ1) is 6.62. The molecular weight excluding hydrogens is 304 g/mol. The molecule has 0 amide bonds. The average molecular weight is 328 g/mol. The standard InChI is InChI=1S/C12H24Br2/c1-3-4-5-6-7-8-9-10-12(2,14)11-13/h3-11H2,1-2H3. The van der Waals surface area contributed by atoms with E-state index in [9.17, 15) is 0 Å². The summed E-state index contributed by atoms with van der Waals surface area (Å²) < 4.78 is 0.316. The van der Waals surface area contributed by atoms with E-state index in [0.29, 0.717) is 4.32 Å². The molecule has 0 aromatic heterocycles. The zero-order valence-electron chi connectivity index (χ0n) is 9.62. The molecular formula is C12H24Br2. The highest BCUT2D eigenvalue weighted by Gasteiger charge is 2.16. The van der Waals surface area contributed by atoms with Crippen molar-refractivity contribution in [1.82, 2.24) is 0 Å². The first kappa shape index (κ1) is 15.0. The van der Waals surface area contributed by atoms with Gasteiger partial charge in [0.05, 0.1) is 0 Å². The summed E-state index contributed by atoms with van der Waals surface area (Å²) >= 11 is 7.26. The molecule has 0 aliphatic carbocycles. The number of rotatable bonds is 9. The Labute approximate surface area is 106 Å². The van der Waals surface area contributed by atoms with Crippen LogP contribution in [0.2, 0.25) is 0 Å². The molecule has 0 N–H and O–H groups in total. The first-order valence-corrected chi connectivity index (χ1v) is 7.78. The van der Waals surface area contributed by atoms with Gasteiger partial charge in [-0.05, 0) is 13.3 Å². The third kappa shape index (κ3) is 9.51. The Morgan fingerprint density at radius 2 is 1.43 bits per heavy atom. The Kier molecular flexibility index (Phi) is 9.84. The van der Waals surface area contributed by atoms with E-state index in [1.54, 1.807) is 0 Å². The second kappa shape index (κ2) is 9.21. The van der Waals surface area contributed by atoms with Gasteiger partial charge in [0, 0.05) is 9.65 Å². The van der Waals surface area contributed by atoms with Crippen LogP contribution < -0.4 is 0 Å². The number of halogens is 2. The fourth-order valence-corrected chi connectivity index (χ4v) is 2.08. The van der Waals surface area contributed by atoms with E-state index in [0.717, 1.165) is 5.33 Å². The molecule has 0 heterocycles. The van der Waals surface area contributed by atoms with E-state index in [1.165, 1.54) is 51.4 Å². The summed E-state index contributed by atoms with van der Waals surface area (Å²) in [5.41, 5.74) is 0. The van der Waals surface area contributed by atoms with E-state index >= 15 is 0 Å². The van der Waals surface area contributed by atoms with Gasteiger partial charge < -0.3 is 0 Å². The summed E-state index contributed by atoms with van der Waals surface area (Å²) in [6.45, 7) is 4.53. The van der Waals surface area contributed by atoms with Gasteiger partial charge in [0.25, 0.3) is 0 Å². The number of alkyl halides is 2. The molecule has 0 bridgehead atoms. The van der Waals surface area contributed by atoms with Gasteiger partial charge in [-0.15, -0.1) is 0 Å². The molecule has 0 saturated heterocycles. The molecule has 0 spiro atoms. The third-order valence-electron chi connectivity index (χ3n) is 2.58. The van der Waals surface area contributed by atoms with Crippen molar-refractivity contribution in [2.24, 2.45) is 0 Å². The minimum atomic E-state index is 0.316. The SMILES string of the molecule is CCCCCCCCCC(C)(Br)CBr. The highest BCUT2D eigenvalue weighted by Crippen LogP contribution is 2.26. The van der Waals surface area contributed by atoms with Crippen LogP contribution in [-0.4, -0.2) is 9.65 Å². The van der Waals surface area contributed by atoms with Crippen LogP contribution >= 0.6 is 31.9 Å². The van der Waals surface area contributed by atoms with Crippen LogP contribution in [0.15, 0.2) is 0 Å². The zero-order chi connectivity index (χ0) is 10.9. The fourth-order valence-electron chi connectivity index (χ4n) is 1.52. The predicted octanol–water partition coefficient (Wildman–Crippen LogP) is 5.68. The van der Waals surface area contributed by atoms with Gasteiger partial charge >= 0.3 is 0 Å². The molecule has 1 unspecified atom stereocenters. The Hall–Kier alpha value is 0.960. The summed E-state index contributed by atoms with van der Waals surface area (Å²) in [5, 5.41) is 1.05. The van der Waals surface area contributed by atoms with Crippen LogP contribution in [0.1, 0.15) is 65.2 Å². The predicted molar refractivity (Wildman–Crippen MR) is 73.7 cm³/mol. The van der Waals surface area contributed by atoms with Gasteiger partial charge in [-0.3, -0.25) is 0 Å². The molecule has 14 heavy (non-hydrogen) atoms. The third-order valence-corrected chi connectivity index (χ3v) is 5.25. The van der Waals surface area contributed by atoms with Gasteiger partial charge in [0.1, 0.15) is 0 Å². The van der Waals surface area contributed by atoms with Crippen LogP contribution in [0.5, 0.6) is 0 Å². The quantitative estimate of drug-likeness (QED) is 0.377. The van der Waals surface area contributed by atoms with Gasteiger partial charge in [-0.2, -0.15) is 0 Å². The fraction of sp³-hybridized carbons (Fsp3) is 1.00. The molecule has 2 heteroatoms. The lowest BCUT2D eigenvalue weighted by Crippen LogP contribution is -2.16. The Balaban J connectivity index is 3.13. The van der Waals surface area contributed by atoms with Crippen molar-refractivity contribution >= 4 is 31.9 Å². The van der Waals surface area contributed by atoms with Crippen molar-refractivity contribution in [3.63, 3.8) is 0 Å². The van der Waals surface area contributed by atoms with Crippen LogP contribution in [0.4, 0.5) is 0 Å². The Morgan fingerprint density at radius 1 is 0.929 bits per heavy atom. The highest BCUT2D eigenvalue weighted by molar-refractivity contribution is 9.12. The normalized spacial score (nSPS) is 15.4. The number of hydrogen-bond donors (Lipinski definition) is 0. The second-order valence-electron chi connectivity index (χ2n) is 4.42. The lowest BCUT2D eigenvalue weighted by molar-refractivity contribution is 0.545. The molecule has 0 aromatic carbocycles. The molecule has 0 radical (unpaired) electrons. The highest BCUT2D eigenvalue weighted by atomic mass is 79.9. The summed E-state index contributed by atoms with van der Waals surface area (Å²) in [6, 6.07) is 0. The Bertz CT molecular complexity index is 121. The largest absolute Gasteiger partial charge is 0.0913 e. The van der Waals surface area contributed by atoms with E-state index in [-0.39, 0.29) is 0 Å². The van der Waals surface area contributed by atoms with Crippen molar-refractivity contribution in [2.45, 2.75) is 69.5 Å². The second-order valence-corrected chi connectivity index (χ2v) is 6.89. The molecule has 0 aromatic rings. The van der Waals surface area contributed by atoms with Crippen molar-refractivity contribution < 1.29 is 0 Å². The van der Waals surface area contributed by atoms with E-state index in [4.69, 9.17) is 0 Å². The van der Waals surface area contributed by atoms with Gasteiger partial charge in [0.2, 0.25) is 0 Å². The lowest BCUT2D eigenvalue weighted by atomic mass is 10.0. The molecule has 0 aliphatic rings. The first-order valence-electron chi connectivity index (χ1n) is 5.87. The van der Waals surface area contributed by atoms with E-state index in [2.05, 4.69) is 45.7 Å². The van der Waals surface area contributed by atoms with Gasteiger partial charge in [-0.25, -0.2) is 0 Å². The molecule has 0 fully saturated rings. The van der Waals surface area contributed by atoms with E-state index < -0.39 is 0 Å². The molecule has 0 nitrogen and oxygen atoms in total. The molecule has 86 valence electrons. The van der Waals surface area contributed by atoms with Crippen LogP contribution in [0.3, 0.4) is 0 Å². The van der Waals surface area contributed by atoms with Gasteiger partial charge in [-0.1, -0.05) is 83.7 Å². The minimum absolute atomic E-state index is 0.316. The van der Waals surface area contributed by atoms with Crippen LogP contribution in [0, 0.1) is 0 Å². The monoisotopic (exact) mass is 326 g/mol. The van der Waals surface area contributed by atoms with Crippen molar-refractivity contribution in [3.8, 4) is 0 Å². The van der Waals surface area contributed by atoms with Crippen molar-refractivity contribution in [2.75, 3.05) is 5.33 Å². The zero-order valence-corrected chi connectivity index (χ0v) is 12.8. The summed E-state index contributed by atoms with van der Waals surface area (Å²) in [5.74, 6) is 0. The maximum Gasteiger partial charge on any atom is 0.0326 e. The van der Waals surface area contributed by atoms with Crippen LogP contribution in [0.25, 0.3) is 0 Å². The van der Waals surface area contributed by atoms with Crippen molar-refractivity contribution in [1.29, 1.82) is 0 Å². The lowest BCUT2D eigenvalue weighted by Gasteiger charge is -2.18. The van der Waals surface area contributed by atoms with Crippen molar-refractivity contribution in [3.05, 3.63) is 0 Å². The Morgan fingerprint density at radius 3 is 1.93 bits per heavy atom. The van der Waals surface area contributed by atoms with E-state index in [1.807, 2.05) is 0 Å². The molecule has 1 atom stereocenters. The summed E-state index contributed by atoms with van der Waals surface area (Å²) in [7, 11) is 0. The number of hydrogen-bond acceptors (Lipinski definition) is 0. The summed E-state index contributed by atoms with van der Waals surface area (Å²) in [4.78, 5) is 0. The summed E-state index contributed by atoms with van der Waals surface area (Å²) in [6.07, 6.45) is 11.1. The minimum Gasteiger partial charge on any atom is -0.0913 e. The smallest absolute Gasteiger partial charge is 0.0326 e. The topological polar surface area (TPSA) is 0 Å². The molecule has 0 rings (SSSR count). The average Bonchev–Trinajstić information content (AvgIpc) is 2.16. The maximum atomic E-state index is 3.73. The van der Waals surface area contributed by atoms with Gasteiger partial charge in [0.15, 0.2) is 0 Å². The van der Waals surface area contributed by atoms with Crippen LogP contribution in [-0.2, 0) is 0 Å². The number of unbranched alkanes of at least 4 members (excludes halogenated alkanes) is 6. The molecule has 0 aliphatic heterocycles. The molecule has 0 saturated carbocycles. The maximum absolute atomic E-state index is 3.73.